The summed E-state index contributed by atoms with van der Waals surface area (Å²) in [6, 6.07) is 29.3. The van der Waals surface area contributed by atoms with Crippen molar-refractivity contribution in [2.24, 2.45) is 0 Å². The van der Waals surface area contributed by atoms with Crippen LogP contribution in [0.3, 0.4) is 0 Å². The normalized spacial score (nSPS) is 10.4. The molecule has 0 aliphatic carbocycles. The third-order valence-electron chi connectivity index (χ3n) is 9.54. The van der Waals surface area contributed by atoms with Crippen LogP contribution in [0.4, 0.5) is 0 Å². The van der Waals surface area contributed by atoms with Crippen LogP contribution in [0.1, 0.15) is 125 Å². The van der Waals surface area contributed by atoms with Crippen LogP contribution in [-0.4, -0.2) is 59.2 Å². The predicted octanol–water partition coefficient (Wildman–Crippen LogP) is 11.3. The standard InChI is InChI=1S/C18H15OSi.3C9H21P.4Fe.4S/c19-20(16-10-4-1-5-11-16,17-12-6-2-7-13-17)18-14-8-3-9-15-18;3*1-7(2)10(8(3)4)9(5)6;;;;;;;;/h1-15H;3*7-9H,1-6H3;;;;;;;;/q-1;;;;3*+2;+3;4*-2/p+3. The van der Waals surface area contributed by atoms with Gasteiger partial charge in [0, 0.05) is 23.8 Å². The van der Waals surface area contributed by atoms with Crippen molar-refractivity contribution >= 4 is 102 Å². The Kier molecular flexibility index (Phi) is 60.6. The Bertz CT molecular complexity index is 1060. The molecule has 0 unspecified atom stereocenters. The molecule has 0 saturated heterocycles. The van der Waals surface area contributed by atoms with Crippen molar-refractivity contribution in [1.82, 2.24) is 0 Å². The maximum absolute atomic E-state index is 13.8. The Morgan fingerprint density at radius 2 is 0.431 bits per heavy atom. The molecule has 0 amide bonds. The molecule has 0 saturated carbocycles. The predicted molar refractivity (Wildman–Crippen MR) is 275 cm³/mol. The summed E-state index contributed by atoms with van der Waals surface area (Å²) in [5, 5.41) is 2.70. The maximum atomic E-state index is 13.8. The minimum atomic E-state index is -3.13. The summed E-state index contributed by atoms with van der Waals surface area (Å²) in [5.41, 5.74) is 8.42. The van der Waals surface area contributed by atoms with E-state index < -0.39 is 8.32 Å². The number of benzene rings is 3. The van der Waals surface area contributed by atoms with Crippen LogP contribution in [0.2, 0.25) is 0 Å². The molecule has 0 aliphatic heterocycles. The molecule has 0 atom stereocenters. The topological polar surface area (TPSA) is 23.1 Å². The van der Waals surface area contributed by atoms with Crippen molar-refractivity contribution in [1.29, 1.82) is 0 Å². The van der Waals surface area contributed by atoms with E-state index in [4.69, 9.17) is 0 Å². The van der Waals surface area contributed by atoms with Crippen molar-refractivity contribution in [3.8, 4) is 0 Å². The second-order valence-electron chi connectivity index (χ2n) is 16.7. The van der Waals surface area contributed by atoms with Crippen molar-refractivity contribution in [3.05, 3.63) is 91.0 Å². The van der Waals surface area contributed by atoms with E-state index in [1.807, 2.05) is 91.0 Å². The molecule has 0 aromatic heterocycles. The Morgan fingerprint density at radius 3 is 0.517 bits per heavy atom. The van der Waals surface area contributed by atoms with Gasteiger partial charge in [0.25, 0.3) is 0 Å². The number of rotatable bonds is 12. The van der Waals surface area contributed by atoms with Crippen LogP contribution in [0, 0.1) is 0 Å². The van der Waals surface area contributed by atoms with Crippen molar-refractivity contribution < 1.29 is 73.1 Å². The number of hydrogen-bond acceptors (Lipinski definition) is 1. The summed E-state index contributed by atoms with van der Waals surface area (Å²) < 4.78 is 0. The molecule has 0 N–H and O–H groups in total. The Morgan fingerprint density at radius 1 is 0.310 bits per heavy atom. The summed E-state index contributed by atoms with van der Waals surface area (Å²) >= 11 is 0. The zero-order chi connectivity index (χ0) is 38.8. The van der Waals surface area contributed by atoms with Gasteiger partial charge < -0.3 is 58.8 Å². The fourth-order valence-corrected chi connectivity index (χ4v) is 23.5. The minimum absolute atomic E-state index is 0. The van der Waals surface area contributed by atoms with Crippen molar-refractivity contribution in [2.75, 3.05) is 0 Å². The first kappa shape index (κ1) is 80.9. The van der Waals surface area contributed by atoms with E-state index in [1.165, 1.54) is 0 Å². The van der Waals surface area contributed by atoms with Crippen LogP contribution in [0.5, 0.6) is 0 Å². The molecule has 339 valence electrons. The Balaban J connectivity index is -0.0000000799. The van der Waals surface area contributed by atoms with E-state index in [1.54, 1.807) is 0 Å². The van der Waals surface area contributed by atoms with Crippen molar-refractivity contribution in [3.63, 3.8) is 0 Å². The van der Waals surface area contributed by atoms with E-state index in [0.29, 0.717) is 0 Å². The second kappa shape index (κ2) is 43.5. The zero-order valence-electron chi connectivity index (χ0n) is 38.8. The molecular formula is C45H81Fe4OP3S4Si+3. The van der Waals surface area contributed by atoms with Crippen LogP contribution in [0.15, 0.2) is 91.0 Å². The molecule has 0 bridgehead atoms. The van der Waals surface area contributed by atoms with Gasteiger partial charge in [-0.2, -0.15) is 0 Å². The van der Waals surface area contributed by atoms with Gasteiger partial charge in [-0.25, -0.2) is 0 Å². The molecule has 13 heteroatoms. The SMILES string of the molecule is CC(C)[PH+](C(C)C)C(C)C.CC(C)[PH+](C(C)C)C(C)C.CC(C)[PH+](C(C)C)C(C)C.[Fe+2].[Fe+2].[Fe+2].[Fe+3].[O-][Si](c1ccccc1)(c1ccccc1)c1ccccc1.[S-2].[S-2].[S-2].[S-2]. The van der Waals surface area contributed by atoms with E-state index in [0.717, 1.165) is 66.5 Å². The van der Waals surface area contributed by atoms with Gasteiger partial charge in [0.15, 0.2) is 0 Å². The third-order valence-corrected chi connectivity index (χ3v) is 25.0. The quantitative estimate of drug-likeness (QED) is 0.101. The van der Waals surface area contributed by atoms with E-state index in [-0.39, 0.29) is 146 Å². The third kappa shape index (κ3) is 29.9. The first-order valence-corrected chi connectivity index (χ1v) is 26.8. The summed E-state index contributed by atoms with van der Waals surface area (Å²) in [5.74, 6) is 0. The molecule has 0 heterocycles. The van der Waals surface area contributed by atoms with Crippen LogP contribution >= 0.6 is 23.8 Å². The molecule has 0 spiro atoms. The average molecular weight is 1110 g/mol. The smallest absolute Gasteiger partial charge is 2.00 e. The summed E-state index contributed by atoms with van der Waals surface area (Å²) in [6.45, 7) is 42.6. The van der Waals surface area contributed by atoms with Crippen LogP contribution < -0.4 is 20.4 Å². The molecule has 3 rings (SSSR count). The molecule has 1 nitrogen and oxygen atoms in total. The molecule has 58 heavy (non-hydrogen) atoms. The van der Waals surface area contributed by atoms with E-state index >= 15 is 0 Å². The van der Waals surface area contributed by atoms with Crippen molar-refractivity contribution in [2.45, 2.75) is 176 Å². The van der Waals surface area contributed by atoms with Gasteiger partial charge in [0.1, 0.15) is 0 Å². The summed E-state index contributed by atoms with van der Waals surface area (Å²) in [7, 11) is -3.41. The van der Waals surface area contributed by atoms with E-state index in [2.05, 4.69) is 125 Å². The van der Waals surface area contributed by atoms with Gasteiger partial charge in [0.05, 0.1) is 59.2 Å². The van der Waals surface area contributed by atoms with Gasteiger partial charge >= 0.3 is 68.3 Å². The first-order chi connectivity index (χ1) is 23.2. The molecule has 3 aromatic rings. The Labute approximate surface area is 436 Å². The largest absolute Gasteiger partial charge is 3.00 e. The zero-order valence-corrected chi connectivity index (χ0v) is 50.5. The van der Waals surface area contributed by atoms with Gasteiger partial charge in [-0.1, -0.05) is 107 Å². The van der Waals surface area contributed by atoms with E-state index in [9.17, 15) is 4.80 Å². The van der Waals surface area contributed by atoms with Gasteiger partial charge in [-0.15, -0.1) is 0 Å². The number of hydrogen-bond donors (Lipinski definition) is 0. The second-order valence-corrected chi connectivity index (χ2v) is 33.2. The van der Waals surface area contributed by atoms with Crippen LogP contribution in [-0.2, 0) is 122 Å². The fraction of sp³-hybridized carbons (Fsp3) is 0.600. The summed E-state index contributed by atoms with van der Waals surface area (Å²) in [6.07, 6.45) is 0. The first-order valence-electron chi connectivity index (χ1n) is 19.7. The minimum Gasteiger partial charge on any atom is -2.00 e. The average Bonchev–Trinajstić information content (AvgIpc) is 3.01. The molecule has 0 aliphatic rings. The molecule has 3 aromatic carbocycles. The molecule has 0 fully saturated rings. The monoisotopic (exact) mass is 1110 g/mol. The maximum Gasteiger partial charge on any atom is 3.00 e. The van der Waals surface area contributed by atoms with Gasteiger partial charge in [0.2, 0.25) is 0 Å². The van der Waals surface area contributed by atoms with Gasteiger partial charge in [-0.3, -0.25) is 0 Å². The molecular weight excluding hydrogens is 1030 g/mol. The fourth-order valence-electron chi connectivity index (χ4n) is 8.52. The van der Waals surface area contributed by atoms with Crippen LogP contribution in [0.25, 0.3) is 0 Å². The summed E-state index contributed by atoms with van der Waals surface area (Å²) in [4.78, 5) is 13.8. The molecule has 1 radical (unpaired) electrons. The van der Waals surface area contributed by atoms with Gasteiger partial charge in [-0.05, 0) is 125 Å². The Hall–Kier alpha value is 2.60.